The number of amides is 1. The Morgan fingerprint density at radius 1 is 0.978 bits per heavy atom. The molecule has 1 N–H and O–H groups in total. The van der Waals surface area contributed by atoms with Gasteiger partial charge in [0.15, 0.2) is 23.1 Å². The molecule has 0 aliphatic carbocycles. The van der Waals surface area contributed by atoms with Gasteiger partial charge in [0.2, 0.25) is 0 Å². The van der Waals surface area contributed by atoms with Gasteiger partial charge in [0, 0.05) is 31.7 Å². The maximum atomic E-state index is 14.2. The molecule has 13 heteroatoms. The van der Waals surface area contributed by atoms with Gasteiger partial charge in [0.25, 0.3) is 5.91 Å². The number of carbonyl (C=O) groups is 2. The summed E-state index contributed by atoms with van der Waals surface area (Å²) in [5.41, 5.74) is 1.75. The summed E-state index contributed by atoms with van der Waals surface area (Å²) in [6, 6.07) is 13.4. The molecule has 242 valence electrons. The molecular weight excluding hydrogens is 639 g/mol. The molecule has 0 radical (unpaired) electrons. The van der Waals surface area contributed by atoms with Crippen LogP contribution in [0.25, 0.3) is 17.2 Å². The first-order chi connectivity index (χ1) is 22.2. The molecule has 0 unspecified atom stereocenters. The lowest BCUT2D eigenvalue weighted by atomic mass is 10.0. The number of hydrogen-bond acceptors (Lipinski definition) is 9. The SMILES string of the molecule is COc1cc(C(=O)O)ccc1OCCCN1C(=O)/C(=C/c2ccc(OCCN3CCOCC3)c(-c3ccc(F)c(F)c3)c2)SC1=S. The van der Waals surface area contributed by atoms with Gasteiger partial charge in [-0.25, -0.2) is 13.6 Å². The van der Waals surface area contributed by atoms with Gasteiger partial charge in [-0.05, 0) is 66.1 Å². The number of carboxylic acids is 1. The summed E-state index contributed by atoms with van der Waals surface area (Å²) in [5, 5.41) is 9.18. The van der Waals surface area contributed by atoms with Crippen LogP contribution >= 0.6 is 24.0 Å². The average Bonchev–Trinajstić information content (AvgIpc) is 3.32. The maximum Gasteiger partial charge on any atom is 0.335 e. The summed E-state index contributed by atoms with van der Waals surface area (Å²) >= 11 is 6.66. The summed E-state index contributed by atoms with van der Waals surface area (Å²) in [6.45, 7) is 4.64. The zero-order valence-corrected chi connectivity index (χ0v) is 26.6. The Bertz CT molecular complexity index is 1650. The van der Waals surface area contributed by atoms with Crippen LogP contribution in [-0.4, -0.2) is 90.8 Å². The fourth-order valence-corrected chi connectivity index (χ4v) is 6.24. The highest BCUT2D eigenvalue weighted by Gasteiger charge is 2.31. The molecule has 0 bridgehead atoms. The van der Waals surface area contributed by atoms with Gasteiger partial charge in [-0.3, -0.25) is 14.6 Å². The second kappa shape index (κ2) is 15.5. The van der Waals surface area contributed by atoms with Crippen molar-refractivity contribution in [3.05, 3.63) is 82.3 Å². The zero-order valence-electron chi connectivity index (χ0n) is 25.0. The number of nitrogens with zero attached hydrogens (tertiary/aromatic N) is 2. The Hall–Kier alpha value is -4.04. The van der Waals surface area contributed by atoms with Crippen LogP contribution in [-0.2, 0) is 9.53 Å². The number of morpholine rings is 1. The van der Waals surface area contributed by atoms with E-state index < -0.39 is 17.6 Å². The summed E-state index contributed by atoms with van der Waals surface area (Å²) in [6.07, 6.45) is 2.17. The van der Waals surface area contributed by atoms with Crippen LogP contribution in [0.3, 0.4) is 0 Å². The molecule has 46 heavy (non-hydrogen) atoms. The highest BCUT2D eigenvalue weighted by atomic mass is 32.2. The molecule has 2 saturated heterocycles. The van der Waals surface area contributed by atoms with Crippen molar-refractivity contribution in [3.8, 4) is 28.4 Å². The van der Waals surface area contributed by atoms with Crippen molar-refractivity contribution >= 4 is 46.3 Å². The van der Waals surface area contributed by atoms with E-state index in [4.69, 9.17) is 31.2 Å². The van der Waals surface area contributed by atoms with Crippen LogP contribution in [0.1, 0.15) is 22.3 Å². The van der Waals surface area contributed by atoms with Gasteiger partial charge in [-0.2, -0.15) is 0 Å². The lowest BCUT2D eigenvalue weighted by molar-refractivity contribution is -0.122. The first-order valence-electron chi connectivity index (χ1n) is 14.6. The molecule has 0 atom stereocenters. The third-order valence-electron chi connectivity index (χ3n) is 7.37. The molecule has 5 rings (SSSR count). The van der Waals surface area contributed by atoms with E-state index in [1.165, 1.54) is 48.0 Å². The van der Waals surface area contributed by atoms with Crippen molar-refractivity contribution < 1.29 is 42.4 Å². The molecule has 1 amide bonds. The van der Waals surface area contributed by atoms with Crippen molar-refractivity contribution in [1.29, 1.82) is 0 Å². The Morgan fingerprint density at radius 3 is 2.48 bits per heavy atom. The summed E-state index contributed by atoms with van der Waals surface area (Å²) in [5.74, 6) is -2.04. The molecular formula is C33H32F2N2O7S2. The van der Waals surface area contributed by atoms with Crippen molar-refractivity contribution in [2.75, 3.05) is 59.7 Å². The van der Waals surface area contributed by atoms with E-state index in [0.717, 1.165) is 25.2 Å². The number of thiocarbonyl (C=S) groups is 1. The average molecular weight is 671 g/mol. The molecule has 0 saturated carbocycles. The normalized spacial score (nSPS) is 16.2. The van der Waals surface area contributed by atoms with Gasteiger partial charge < -0.3 is 24.1 Å². The van der Waals surface area contributed by atoms with Crippen LogP contribution in [0.2, 0.25) is 0 Å². The van der Waals surface area contributed by atoms with Crippen LogP contribution in [0.15, 0.2) is 59.5 Å². The predicted octanol–water partition coefficient (Wildman–Crippen LogP) is 5.72. The number of ether oxygens (including phenoxy) is 4. The van der Waals surface area contributed by atoms with Crippen LogP contribution in [0.5, 0.6) is 17.2 Å². The molecule has 3 aromatic carbocycles. The van der Waals surface area contributed by atoms with Crippen molar-refractivity contribution in [2.45, 2.75) is 6.42 Å². The maximum absolute atomic E-state index is 14.2. The molecule has 2 aliphatic rings. The number of benzene rings is 3. The van der Waals surface area contributed by atoms with E-state index in [-0.39, 0.29) is 18.1 Å². The summed E-state index contributed by atoms with van der Waals surface area (Å²) in [7, 11) is 1.43. The highest BCUT2D eigenvalue weighted by molar-refractivity contribution is 8.26. The third kappa shape index (κ3) is 8.21. The summed E-state index contributed by atoms with van der Waals surface area (Å²) in [4.78, 5) is 28.7. The monoisotopic (exact) mass is 670 g/mol. The van der Waals surface area contributed by atoms with Gasteiger partial charge in [0.05, 0.1) is 37.4 Å². The number of halogens is 2. The fraction of sp³-hybridized carbons (Fsp3) is 0.303. The Labute approximate surface area is 274 Å². The molecule has 2 heterocycles. The first kappa shape index (κ1) is 33.3. The quantitative estimate of drug-likeness (QED) is 0.138. The van der Waals surface area contributed by atoms with Crippen LogP contribution < -0.4 is 14.2 Å². The highest BCUT2D eigenvalue weighted by Crippen LogP contribution is 2.36. The lowest BCUT2D eigenvalue weighted by Crippen LogP contribution is -2.38. The van der Waals surface area contributed by atoms with Crippen LogP contribution in [0, 0.1) is 11.6 Å². The number of thioether (sulfide) groups is 1. The molecule has 3 aromatic rings. The number of methoxy groups -OCH3 is 1. The molecule has 9 nitrogen and oxygen atoms in total. The van der Waals surface area contributed by atoms with E-state index >= 15 is 0 Å². The largest absolute Gasteiger partial charge is 0.493 e. The number of aromatic carboxylic acids is 1. The van der Waals surface area contributed by atoms with E-state index in [0.29, 0.717) is 82.5 Å². The van der Waals surface area contributed by atoms with E-state index in [1.54, 1.807) is 24.3 Å². The fourth-order valence-electron chi connectivity index (χ4n) is 4.93. The van der Waals surface area contributed by atoms with Crippen molar-refractivity contribution in [2.24, 2.45) is 0 Å². The van der Waals surface area contributed by atoms with Crippen LogP contribution in [0.4, 0.5) is 8.78 Å². The standard InChI is InChI=1S/C33H32F2N2O7S2/c1-41-29-20-23(32(39)40)5-8-28(29)43-13-2-9-37-31(38)30(46-33(37)45)18-21-3-7-27(44-16-12-36-10-14-42-15-11-36)24(17-21)22-4-6-25(34)26(35)19-22/h3-8,17-20H,2,9-16H2,1H3,(H,39,40)/b30-18-. The summed E-state index contributed by atoms with van der Waals surface area (Å²) < 4.78 is 50.9. The minimum absolute atomic E-state index is 0.0800. The van der Waals surface area contributed by atoms with Gasteiger partial charge in [-0.15, -0.1) is 0 Å². The van der Waals surface area contributed by atoms with Crippen molar-refractivity contribution in [3.63, 3.8) is 0 Å². The molecule has 0 spiro atoms. The van der Waals surface area contributed by atoms with E-state index in [1.807, 2.05) is 0 Å². The van der Waals surface area contributed by atoms with E-state index in [2.05, 4.69) is 4.90 Å². The topological polar surface area (TPSA) is 97.8 Å². The number of rotatable bonds is 13. The smallest absolute Gasteiger partial charge is 0.335 e. The Kier molecular flexibility index (Phi) is 11.2. The second-order valence-electron chi connectivity index (χ2n) is 10.4. The lowest BCUT2D eigenvalue weighted by Gasteiger charge is -2.26. The van der Waals surface area contributed by atoms with Gasteiger partial charge >= 0.3 is 5.97 Å². The minimum Gasteiger partial charge on any atom is -0.493 e. The number of carbonyl (C=O) groups excluding carboxylic acids is 1. The zero-order chi connectivity index (χ0) is 32.6. The van der Waals surface area contributed by atoms with Crippen molar-refractivity contribution in [1.82, 2.24) is 9.80 Å². The predicted molar refractivity (Wildman–Crippen MR) is 174 cm³/mol. The Balaban J connectivity index is 1.25. The second-order valence-corrected chi connectivity index (χ2v) is 12.1. The Morgan fingerprint density at radius 2 is 1.74 bits per heavy atom. The minimum atomic E-state index is -1.07. The number of carboxylic acid groups (broad SMARTS) is 1. The number of hydrogen-bond donors (Lipinski definition) is 1. The molecule has 2 fully saturated rings. The third-order valence-corrected chi connectivity index (χ3v) is 8.75. The first-order valence-corrected chi connectivity index (χ1v) is 15.8. The molecule has 2 aliphatic heterocycles. The molecule has 0 aromatic heterocycles. The van der Waals surface area contributed by atoms with Gasteiger partial charge in [0.1, 0.15) is 16.7 Å². The van der Waals surface area contributed by atoms with Gasteiger partial charge in [-0.1, -0.05) is 36.1 Å². The van der Waals surface area contributed by atoms with E-state index in [9.17, 15) is 23.5 Å².